The van der Waals surface area contributed by atoms with Crippen LogP contribution < -0.4 is 5.32 Å². The average Bonchev–Trinajstić information content (AvgIpc) is 2.55. The van der Waals surface area contributed by atoms with E-state index in [1.807, 2.05) is 20.8 Å². The van der Waals surface area contributed by atoms with Crippen molar-refractivity contribution in [3.05, 3.63) is 29.3 Å². The Labute approximate surface area is 144 Å². The predicted molar refractivity (Wildman–Crippen MR) is 92.5 cm³/mol. The average molecular weight is 354 g/mol. The topological polar surface area (TPSA) is 75.7 Å². The summed E-state index contributed by atoms with van der Waals surface area (Å²) in [5.74, 6) is 0.0468. The zero-order valence-corrected chi connectivity index (χ0v) is 15.5. The van der Waals surface area contributed by atoms with Crippen molar-refractivity contribution in [3.8, 4) is 0 Å². The van der Waals surface area contributed by atoms with Gasteiger partial charge in [-0.15, -0.1) is 0 Å². The monoisotopic (exact) mass is 354 g/mol. The first-order valence-electron chi connectivity index (χ1n) is 8.23. The molecule has 1 fully saturated rings. The molecule has 1 aromatic rings. The van der Waals surface area contributed by atoms with E-state index in [2.05, 4.69) is 5.32 Å². The van der Waals surface area contributed by atoms with E-state index in [4.69, 9.17) is 4.74 Å². The fourth-order valence-corrected chi connectivity index (χ4v) is 4.06. The van der Waals surface area contributed by atoms with Gasteiger partial charge in [-0.2, -0.15) is 4.31 Å². The van der Waals surface area contributed by atoms with E-state index in [0.717, 1.165) is 0 Å². The number of carbonyl (C=O) groups excluding carboxylic acids is 1. The number of nitrogens with zero attached hydrogens (tertiary/aromatic N) is 1. The maximum Gasteiger partial charge on any atom is 0.251 e. The highest BCUT2D eigenvalue weighted by molar-refractivity contribution is 7.89. The molecule has 0 aromatic heterocycles. The Balaban J connectivity index is 2.29. The van der Waals surface area contributed by atoms with Gasteiger partial charge in [0.15, 0.2) is 0 Å². The van der Waals surface area contributed by atoms with Gasteiger partial charge >= 0.3 is 0 Å². The molecular weight excluding hydrogens is 328 g/mol. The highest BCUT2D eigenvalue weighted by atomic mass is 32.2. The fourth-order valence-electron chi connectivity index (χ4n) is 2.40. The van der Waals surface area contributed by atoms with Crippen molar-refractivity contribution < 1.29 is 17.9 Å². The molecule has 0 bridgehead atoms. The third-order valence-corrected chi connectivity index (χ3v) is 6.44. The zero-order valence-electron chi connectivity index (χ0n) is 14.7. The van der Waals surface area contributed by atoms with Crippen LogP contribution in [0.2, 0.25) is 0 Å². The number of sulfonamides is 1. The summed E-state index contributed by atoms with van der Waals surface area (Å²) in [4.78, 5) is 12.6. The maximum absolute atomic E-state index is 12.9. The van der Waals surface area contributed by atoms with Crippen molar-refractivity contribution >= 4 is 15.9 Å². The third-order valence-electron chi connectivity index (χ3n) is 4.40. The molecule has 2 rings (SSSR count). The van der Waals surface area contributed by atoms with Crippen LogP contribution in [-0.2, 0) is 14.8 Å². The van der Waals surface area contributed by atoms with Gasteiger partial charge in [0.05, 0.1) is 18.1 Å². The number of amides is 1. The number of benzene rings is 1. The Morgan fingerprint density at radius 2 is 1.83 bits per heavy atom. The Morgan fingerprint density at radius 3 is 2.42 bits per heavy atom. The molecule has 0 radical (unpaired) electrons. The molecular formula is C17H26N2O4S. The second-order valence-electron chi connectivity index (χ2n) is 6.50. The fraction of sp³-hybridized carbons (Fsp3) is 0.588. The molecule has 6 nitrogen and oxygen atoms in total. The summed E-state index contributed by atoms with van der Waals surface area (Å²) in [5, 5.41) is 2.91. The minimum absolute atomic E-state index is 0.0121. The number of rotatable bonds is 5. The molecule has 1 N–H and O–H groups in total. The first-order chi connectivity index (χ1) is 11.2. The summed E-state index contributed by atoms with van der Waals surface area (Å²) in [6.45, 7) is 9.18. The van der Waals surface area contributed by atoms with Crippen molar-refractivity contribution in [3.63, 3.8) is 0 Å². The Kier molecular flexibility index (Phi) is 6.01. The normalized spacial score (nSPS) is 17.7. The van der Waals surface area contributed by atoms with Crippen molar-refractivity contribution in [2.45, 2.75) is 38.6 Å². The van der Waals surface area contributed by atoms with Gasteiger partial charge in [0, 0.05) is 24.7 Å². The van der Waals surface area contributed by atoms with Gasteiger partial charge in [-0.05, 0) is 37.5 Å². The van der Waals surface area contributed by atoms with Crippen molar-refractivity contribution in [1.29, 1.82) is 0 Å². The van der Waals surface area contributed by atoms with Crippen LogP contribution >= 0.6 is 0 Å². The second-order valence-corrected chi connectivity index (χ2v) is 8.41. The number of hydrogen-bond donors (Lipinski definition) is 1. The predicted octanol–water partition coefficient (Wildman–Crippen LogP) is 1.79. The van der Waals surface area contributed by atoms with Gasteiger partial charge in [0.25, 0.3) is 5.91 Å². The van der Waals surface area contributed by atoms with Crippen LogP contribution in [0.5, 0.6) is 0 Å². The molecule has 24 heavy (non-hydrogen) atoms. The lowest BCUT2D eigenvalue weighted by atomic mass is 10.1. The number of carbonyl (C=O) groups is 1. The second kappa shape index (κ2) is 7.63. The van der Waals surface area contributed by atoms with Crippen molar-refractivity contribution in [1.82, 2.24) is 9.62 Å². The van der Waals surface area contributed by atoms with E-state index in [-0.39, 0.29) is 16.8 Å². The largest absolute Gasteiger partial charge is 0.379 e. The first kappa shape index (κ1) is 18.9. The van der Waals surface area contributed by atoms with Gasteiger partial charge in [0.1, 0.15) is 0 Å². The Morgan fingerprint density at radius 1 is 1.21 bits per heavy atom. The molecule has 0 spiro atoms. The van der Waals surface area contributed by atoms with E-state index in [0.29, 0.717) is 43.3 Å². The van der Waals surface area contributed by atoms with Crippen LogP contribution in [0, 0.1) is 12.8 Å². The number of hydrogen-bond acceptors (Lipinski definition) is 4. The van der Waals surface area contributed by atoms with Crippen molar-refractivity contribution in [2.24, 2.45) is 5.92 Å². The number of nitrogens with one attached hydrogen (secondary N) is 1. The number of ether oxygens (including phenoxy) is 1. The van der Waals surface area contributed by atoms with Gasteiger partial charge in [-0.3, -0.25) is 4.79 Å². The summed E-state index contributed by atoms with van der Waals surface area (Å²) >= 11 is 0. The molecule has 0 saturated carbocycles. The number of aryl methyl sites for hydroxylation is 1. The van der Waals surface area contributed by atoms with Gasteiger partial charge in [-0.25, -0.2) is 8.42 Å². The molecule has 7 heteroatoms. The smallest absolute Gasteiger partial charge is 0.251 e. The van der Waals surface area contributed by atoms with E-state index < -0.39 is 10.0 Å². The van der Waals surface area contributed by atoms with Crippen LogP contribution in [0.15, 0.2) is 23.1 Å². The zero-order chi connectivity index (χ0) is 17.9. The lowest BCUT2D eigenvalue weighted by molar-refractivity contribution is 0.0730. The molecule has 1 amide bonds. The minimum Gasteiger partial charge on any atom is -0.379 e. The Hall–Kier alpha value is -1.44. The summed E-state index contributed by atoms with van der Waals surface area (Å²) in [7, 11) is -3.62. The summed E-state index contributed by atoms with van der Waals surface area (Å²) in [6, 6.07) is 4.83. The molecule has 134 valence electrons. The highest BCUT2D eigenvalue weighted by Gasteiger charge is 2.28. The molecule has 1 heterocycles. The summed E-state index contributed by atoms with van der Waals surface area (Å²) in [6.07, 6.45) is 0. The van der Waals surface area contributed by atoms with Crippen LogP contribution in [0.1, 0.15) is 36.7 Å². The standard InChI is InChI=1S/C17H26N2O4S/c1-12(2)14(4)18-17(20)15-6-5-13(3)16(11-15)24(21,22)19-7-9-23-10-8-19/h5-6,11-12,14H,7-10H2,1-4H3,(H,18,20)/t14-/m1/s1. The molecule has 0 aliphatic carbocycles. The maximum atomic E-state index is 12.9. The molecule has 0 unspecified atom stereocenters. The summed E-state index contributed by atoms with van der Waals surface area (Å²) < 4.78 is 32.3. The minimum atomic E-state index is -3.62. The van der Waals surface area contributed by atoms with E-state index in [1.165, 1.54) is 10.4 Å². The van der Waals surface area contributed by atoms with E-state index in [9.17, 15) is 13.2 Å². The Bertz CT molecular complexity index is 695. The molecule has 1 aliphatic heterocycles. The first-order valence-corrected chi connectivity index (χ1v) is 9.67. The number of morpholine rings is 1. The lowest BCUT2D eigenvalue weighted by Gasteiger charge is -2.27. The van der Waals surface area contributed by atoms with Crippen LogP contribution in [0.4, 0.5) is 0 Å². The van der Waals surface area contributed by atoms with Crippen molar-refractivity contribution in [2.75, 3.05) is 26.3 Å². The lowest BCUT2D eigenvalue weighted by Crippen LogP contribution is -2.41. The highest BCUT2D eigenvalue weighted by Crippen LogP contribution is 2.22. The third kappa shape index (κ3) is 4.15. The van der Waals surface area contributed by atoms with Gasteiger partial charge in [-0.1, -0.05) is 19.9 Å². The van der Waals surface area contributed by atoms with Crippen LogP contribution in [-0.4, -0.2) is 51.0 Å². The van der Waals surface area contributed by atoms with Crippen LogP contribution in [0.25, 0.3) is 0 Å². The SMILES string of the molecule is Cc1ccc(C(=O)N[C@H](C)C(C)C)cc1S(=O)(=O)N1CCOCC1. The molecule has 1 atom stereocenters. The molecule has 1 aliphatic rings. The van der Waals surface area contributed by atoms with Gasteiger partial charge < -0.3 is 10.1 Å². The summed E-state index contributed by atoms with van der Waals surface area (Å²) in [5.41, 5.74) is 0.995. The van der Waals surface area contributed by atoms with Crippen LogP contribution in [0.3, 0.4) is 0 Å². The van der Waals surface area contributed by atoms with Gasteiger partial charge in [0.2, 0.25) is 10.0 Å². The van der Waals surface area contributed by atoms with E-state index in [1.54, 1.807) is 19.1 Å². The molecule has 1 aromatic carbocycles. The quantitative estimate of drug-likeness (QED) is 0.875. The van der Waals surface area contributed by atoms with E-state index >= 15 is 0 Å². The molecule has 1 saturated heterocycles.